The van der Waals surface area contributed by atoms with Gasteiger partial charge in [-0.2, -0.15) is 5.10 Å². The molecule has 9 heteroatoms. The predicted octanol–water partition coefficient (Wildman–Crippen LogP) is 4.60. The Morgan fingerprint density at radius 3 is 2.52 bits per heavy atom. The van der Waals surface area contributed by atoms with E-state index in [1.807, 2.05) is 37.3 Å². The van der Waals surface area contributed by atoms with Crippen molar-refractivity contribution in [2.45, 2.75) is 20.0 Å². The normalized spacial score (nSPS) is 11.8. The molecule has 1 unspecified atom stereocenters. The van der Waals surface area contributed by atoms with Gasteiger partial charge in [0.05, 0.1) is 31.3 Å². The second-order valence-electron chi connectivity index (χ2n) is 7.27. The molecule has 0 spiro atoms. The maximum absolute atomic E-state index is 12.8. The molecule has 0 saturated heterocycles. The van der Waals surface area contributed by atoms with E-state index in [0.29, 0.717) is 22.1 Å². The van der Waals surface area contributed by atoms with Crippen molar-refractivity contribution in [3.05, 3.63) is 65.2 Å². The number of nitrogens with zero attached hydrogens (tertiary/aromatic N) is 2. The van der Waals surface area contributed by atoms with E-state index in [2.05, 4.69) is 10.4 Å². The van der Waals surface area contributed by atoms with Gasteiger partial charge in [-0.05, 0) is 44.2 Å². The van der Waals surface area contributed by atoms with E-state index in [1.54, 1.807) is 28.9 Å². The van der Waals surface area contributed by atoms with Gasteiger partial charge in [0, 0.05) is 11.5 Å². The molecule has 1 amide bonds. The molecule has 2 aromatic carbocycles. The van der Waals surface area contributed by atoms with Crippen LogP contribution < -0.4 is 14.8 Å². The molecule has 0 aliphatic rings. The first-order valence-electron chi connectivity index (χ1n) is 10.2. The fourth-order valence-electron chi connectivity index (χ4n) is 3.31. The topological polar surface area (TPSA) is 91.7 Å². The summed E-state index contributed by atoms with van der Waals surface area (Å²) in [7, 11) is 3.03. The molecule has 33 heavy (non-hydrogen) atoms. The molecule has 2 aromatic heterocycles. The number of aromatic nitrogens is 2. The Hall–Kier alpha value is -3.85. The third-order valence-corrected chi connectivity index (χ3v) is 6.15. The van der Waals surface area contributed by atoms with Crippen molar-refractivity contribution in [3.8, 4) is 17.2 Å². The number of aryl methyl sites for hydroxylation is 1. The molecular formula is C24H23N3O5S. The first-order chi connectivity index (χ1) is 15.9. The molecule has 1 N–H and O–H groups in total. The van der Waals surface area contributed by atoms with E-state index >= 15 is 0 Å². The van der Waals surface area contributed by atoms with Gasteiger partial charge in [-0.25, -0.2) is 9.48 Å². The van der Waals surface area contributed by atoms with Gasteiger partial charge in [-0.1, -0.05) is 18.2 Å². The van der Waals surface area contributed by atoms with Crippen molar-refractivity contribution in [2.75, 3.05) is 19.5 Å². The number of methoxy groups -OCH3 is 2. The number of benzene rings is 2. The molecule has 0 saturated carbocycles. The zero-order valence-electron chi connectivity index (χ0n) is 18.6. The first-order valence-corrected chi connectivity index (χ1v) is 11.0. The number of hydrogen-bond acceptors (Lipinski definition) is 7. The Labute approximate surface area is 194 Å². The number of nitrogens with one attached hydrogen (secondary N) is 1. The summed E-state index contributed by atoms with van der Waals surface area (Å²) in [6.45, 7) is 3.41. The lowest BCUT2D eigenvalue weighted by Gasteiger charge is -2.15. The highest BCUT2D eigenvalue weighted by molar-refractivity contribution is 7.20. The van der Waals surface area contributed by atoms with Crippen LogP contribution in [0, 0.1) is 6.92 Å². The summed E-state index contributed by atoms with van der Waals surface area (Å²) in [5, 5.41) is 8.17. The minimum atomic E-state index is -1.02. The average Bonchev–Trinajstić information content (AvgIpc) is 3.40. The van der Waals surface area contributed by atoms with Crippen molar-refractivity contribution in [3.63, 3.8) is 0 Å². The number of para-hydroxylation sites is 1. The number of carbonyl (C=O) groups excluding carboxylic acids is 2. The highest BCUT2D eigenvalue weighted by Crippen LogP contribution is 2.32. The number of anilines is 1. The van der Waals surface area contributed by atoms with Crippen LogP contribution in [0.3, 0.4) is 0 Å². The van der Waals surface area contributed by atoms with E-state index < -0.39 is 18.0 Å². The monoisotopic (exact) mass is 465 g/mol. The first kappa shape index (κ1) is 22.3. The van der Waals surface area contributed by atoms with Crippen LogP contribution in [0.2, 0.25) is 0 Å². The number of thiophene rings is 1. The number of fused-ring (bicyclic) bond motifs is 1. The highest BCUT2D eigenvalue weighted by atomic mass is 32.1. The van der Waals surface area contributed by atoms with Crippen molar-refractivity contribution < 1.29 is 23.8 Å². The van der Waals surface area contributed by atoms with Gasteiger partial charge in [0.25, 0.3) is 5.91 Å². The summed E-state index contributed by atoms with van der Waals surface area (Å²) < 4.78 is 17.7. The second kappa shape index (κ2) is 9.33. The number of ether oxygens (including phenoxy) is 3. The molecule has 0 aliphatic heterocycles. The Bertz CT molecular complexity index is 1310. The third-order valence-electron chi connectivity index (χ3n) is 5.06. The zero-order chi connectivity index (χ0) is 23.5. The fraction of sp³-hybridized carbons (Fsp3) is 0.208. The maximum Gasteiger partial charge on any atom is 0.349 e. The van der Waals surface area contributed by atoms with Crippen molar-refractivity contribution in [2.24, 2.45) is 0 Å². The SMILES string of the molecule is COc1ccc(OC)c(NC(=O)C(C)OC(=O)c2cc3c(C)nn(-c4ccccc4)c3s2)c1. The van der Waals surface area contributed by atoms with Crippen molar-refractivity contribution in [1.82, 2.24) is 9.78 Å². The van der Waals surface area contributed by atoms with Gasteiger partial charge in [-0.15, -0.1) is 11.3 Å². The quantitative estimate of drug-likeness (QED) is 0.401. The molecule has 0 fully saturated rings. The van der Waals surface area contributed by atoms with Gasteiger partial charge >= 0.3 is 5.97 Å². The van der Waals surface area contributed by atoms with Crippen LogP contribution >= 0.6 is 11.3 Å². The van der Waals surface area contributed by atoms with Crippen LogP contribution in [0.1, 0.15) is 22.3 Å². The van der Waals surface area contributed by atoms with Crippen LogP contribution in [0.5, 0.6) is 11.5 Å². The number of rotatable bonds is 7. The molecule has 2 heterocycles. The van der Waals surface area contributed by atoms with Gasteiger partial charge in [0.1, 0.15) is 21.2 Å². The van der Waals surface area contributed by atoms with Crippen LogP contribution in [0.4, 0.5) is 5.69 Å². The van der Waals surface area contributed by atoms with Gasteiger partial charge in [0.15, 0.2) is 6.10 Å². The Morgan fingerprint density at radius 1 is 1.06 bits per heavy atom. The molecular weight excluding hydrogens is 442 g/mol. The number of esters is 1. The molecule has 0 radical (unpaired) electrons. The lowest BCUT2D eigenvalue weighted by molar-refractivity contribution is -0.123. The van der Waals surface area contributed by atoms with Gasteiger partial charge in [0.2, 0.25) is 0 Å². The summed E-state index contributed by atoms with van der Waals surface area (Å²) in [5.41, 5.74) is 2.13. The summed E-state index contributed by atoms with van der Waals surface area (Å²) >= 11 is 1.27. The predicted molar refractivity (Wildman–Crippen MR) is 127 cm³/mol. The second-order valence-corrected chi connectivity index (χ2v) is 8.30. The number of carbonyl (C=O) groups is 2. The van der Waals surface area contributed by atoms with E-state index in [0.717, 1.165) is 21.6 Å². The van der Waals surface area contributed by atoms with Crippen molar-refractivity contribution >= 4 is 39.1 Å². The molecule has 8 nitrogen and oxygen atoms in total. The molecule has 1 atom stereocenters. The zero-order valence-corrected chi connectivity index (χ0v) is 19.4. The largest absolute Gasteiger partial charge is 0.497 e. The standard InChI is InChI=1S/C24H23N3O5S/c1-14-18-13-21(33-23(18)27(26-14)16-8-6-5-7-9-16)24(29)32-15(2)22(28)25-19-12-17(30-3)10-11-20(19)31-4/h5-13,15H,1-4H3,(H,25,28). The molecule has 0 aliphatic carbocycles. The highest BCUT2D eigenvalue weighted by Gasteiger charge is 2.23. The summed E-state index contributed by atoms with van der Waals surface area (Å²) in [6, 6.07) is 16.5. The van der Waals surface area contributed by atoms with Crippen LogP contribution in [-0.2, 0) is 9.53 Å². The minimum absolute atomic E-state index is 0.397. The Morgan fingerprint density at radius 2 is 1.82 bits per heavy atom. The molecule has 170 valence electrons. The minimum Gasteiger partial charge on any atom is -0.497 e. The van der Waals surface area contributed by atoms with Gasteiger partial charge < -0.3 is 19.5 Å². The average molecular weight is 466 g/mol. The number of amides is 1. The molecule has 4 rings (SSSR count). The third kappa shape index (κ3) is 4.54. The summed E-state index contributed by atoms with van der Waals surface area (Å²) in [4.78, 5) is 26.7. The Balaban J connectivity index is 1.51. The Kier molecular flexibility index (Phi) is 6.32. The molecule has 0 bridgehead atoms. The fourth-order valence-corrected chi connectivity index (χ4v) is 4.38. The van der Waals surface area contributed by atoms with Crippen LogP contribution in [0.25, 0.3) is 15.9 Å². The summed E-state index contributed by atoms with van der Waals surface area (Å²) in [5.74, 6) is -0.0323. The van der Waals surface area contributed by atoms with E-state index in [4.69, 9.17) is 14.2 Å². The molecule has 4 aromatic rings. The van der Waals surface area contributed by atoms with Crippen molar-refractivity contribution in [1.29, 1.82) is 0 Å². The number of hydrogen-bond donors (Lipinski definition) is 1. The smallest absolute Gasteiger partial charge is 0.349 e. The van der Waals surface area contributed by atoms with Gasteiger partial charge in [-0.3, -0.25) is 4.79 Å². The van der Waals surface area contributed by atoms with Crippen LogP contribution in [0.15, 0.2) is 54.6 Å². The van der Waals surface area contributed by atoms with Crippen LogP contribution in [-0.4, -0.2) is 42.0 Å². The van der Waals surface area contributed by atoms with E-state index in [-0.39, 0.29) is 0 Å². The maximum atomic E-state index is 12.8. The van der Waals surface area contributed by atoms with E-state index in [1.165, 1.54) is 32.5 Å². The lowest BCUT2D eigenvalue weighted by atomic mass is 10.2. The lowest BCUT2D eigenvalue weighted by Crippen LogP contribution is -2.30. The summed E-state index contributed by atoms with van der Waals surface area (Å²) in [6.07, 6.45) is -1.02. The van der Waals surface area contributed by atoms with E-state index in [9.17, 15) is 9.59 Å².